The van der Waals surface area contributed by atoms with Crippen molar-refractivity contribution >= 4 is 16.0 Å². The molecule has 0 amide bonds. The average molecular weight is 291 g/mol. The summed E-state index contributed by atoms with van der Waals surface area (Å²) in [6.45, 7) is 4.55. The number of nitrogens with one attached hydrogen (secondary N) is 2. The number of hydrogen-bond donors (Lipinski definition) is 4. The number of carboxylic acids is 1. The second kappa shape index (κ2) is 5.68. The van der Waals surface area contributed by atoms with E-state index in [4.69, 9.17) is 5.11 Å². The summed E-state index contributed by atoms with van der Waals surface area (Å²) < 4.78 is 26.5. The lowest BCUT2D eigenvalue weighted by Crippen LogP contribution is -2.35. The molecular weight excluding hydrogens is 274 g/mol. The van der Waals surface area contributed by atoms with Gasteiger partial charge < -0.3 is 10.2 Å². The highest BCUT2D eigenvalue weighted by molar-refractivity contribution is 7.89. The van der Waals surface area contributed by atoms with Crippen molar-refractivity contribution in [2.45, 2.75) is 44.2 Å². The molecule has 0 aliphatic carbocycles. The summed E-state index contributed by atoms with van der Waals surface area (Å²) in [4.78, 5) is 10.6. The molecule has 1 heterocycles. The summed E-state index contributed by atoms with van der Waals surface area (Å²) in [6, 6.07) is -0.527. The van der Waals surface area contributed by atoms with Gasteiger partial charge in [0.2, 0.25) is 10.0 Å². The molecule has 0 saturated carbocycles. The van der Waals surface area contributed by atoms with Gasteiger partial charge in [-0.2, -0.15) is 5.10 Å². The summed E-state index contributed by atoms with van der Waals surface area (Å²) in [6.07, 6.45) is -0.444. The smallest absolute Gasteiger partial charge is 0.357 e. The first kappa shape index (κ1) is 15.6. The number of hydrogen-bond acceptors (Lipinski definition) is 5. The second-order valence-electron chi connectivity index (χ2n) is 4.44. The van der Waals surface area contributed by atoms with E-state index in [1.54, 1.807) is 6.92 Å². The molecule has 108 valence electrons. The topological polar surface area (TPSA) is 132 Å². The van der Waals surface area contributed by atoms with Crippen molar-refractivity contribution in [1.29, 1.82) is 0 Å². The van der Waals surface area contributed by atoms with Crippen molar-refractivity contribution in [2.24, 2.45) is 0 Å². The van der Waals surface area contributed by atoms with E-state index >= 15 is 0 Å². The zero-order valence-corrected chi connectivity index (χ0v) is 11.7. The van der Waals surface area contributed by atoms with Crippen LogP contribution < -0.4 is 4.72 Å². The molecular formula is C10H17N3O5S. The minimum Gasteiger partial charge on any atom is -0.476 e. The molecule has 8 nitrogen and oxygen atoms in total. The predicted molar refractivity (Wildman–Crippen MR) is 66.4 cm³/mol. The minimum absolute atomic E-state index is 0.147. The van der Waals surface area contributed by atoms with Gasteiger partial charge in [0.1, 0.15) is 4.90 Å². The Morgan fingerprint density at radius 3 is 2.53 bits per heavy atom. The van der Waals surface area contributed by atoms with Gasteiger partial charge in [-0.25, -0.2) is 17.9 Å². The maximum absolute atomic E-state index is 12.1. The lowest BCUT2D eigenvalue weighted by atomic mass is 10.2. The van der Waals surface area contributed by atoms with E-state index in [2.05, 4.69) is 14.9 Å². The highest BCUT2D eigenvalue weighted by Crippen LogP contribution is 2.18. The molecule has 9 heteroatoms. The molecule has 4 N–H and O–H groups in total. The number of aromatic nitrogens is 2. The molecule has 2 unspecified atom stereocenters. The van der Waals surface area contributed by atoms with Gasteiger partial charge in [0.05, 0.1) is 11.8 Å². The molecule has 0 radical (unpaired) electrons. The fourth-order valence-corrected chi connectivity index (χ4v) is 3.36. The van der Waals surface area contributed by atoms with Gasteiger partial charge in [0.15, 0.2) is 5.69 Å². The van der Waals surface area contributed by atoms with Crippen LogP contribution in [0, 0.1) is 6.92 Å². The number of H-pyrrole nitrogens is 1. The summed E-state index contributed by atoms with van der Waals surface area (Å²) in [7, 11) is -4.00. The minimum atomic E-state index is -4.00. The van der Waals surface area contributed by atoms with Crippen molar-refractivity contribution in [1.82, 2.24) is 14.9 Å². The summed E-state index contributed by atoms with van der Waals surface area (Å²) in [5.41, 5.74) is -0.400. The van der Waals surface area contributed by atoms with Crippen LogP contribution in [0.25, 0.3) is 0 Å². The number of rotatable bonds is 6. The zero-order valence-electron chi connectivity index (χ0n) is 10.8. The third-order valence-electron chi connectivity index (χ3n) is 2.41. The van der Waals surface area contributed by atoms with E-state index in [0.29, 0.717) is 0 Å². The molecule has 19 heavy (non-hydrogen) atoms. The number of aromatic amines is 1. The molecule has 0 aliphatic rings. The molecule has 1 aromatic heterocycles. The van der Waals surface area contributed by atoms with Gasteiger partial charge >= 0.3 is 5.97 Å². The lowest BCUT2D eigenvalue weighted by Gasteiger charge is -2.15. The number of aromatic carboxylic acids is 1. The number of carboxylic acid groups (broad SMARTS) is 1. The molecule has 2 atom stereocenters. The van der Waals surface area contributed by atoms with Gasteiger partial charge in [-0.1, -0.05) is 0 Å². The first-order valence-electron chi connectivity index (χ1n) is 5.63. The zero-order chi connectivity index (χ0) is 14.8. The summed E-state index contributed by atoms with van der Waals surface area (Å²) >= 11 is 0. The van der Waals surface area contributed by atoms with Crippen LogP contribution in [0.2, 0.25) is 0 Å². The SMILES string of the molecule is Cc1[nH]nc(C(=O)O)c1S(=O)(=O)NC(C)CC(C)O. The maximum atomic E-state index is 12.1. The Labute approximate surface area is 110 Å². The molecule has 0 bridgehead atoms. The highest BCUT2D eigenvalue weighted by Gasteiger charge is 2.29. The van der Waals surface area contributed by atoms with Crippen molar-refractivity contribution in [2.75, 3.05) is 0 Å². The van der Waals surface area contributed by atoms with E-state index in [-0.39, 0.29) is 17.0 Å². The molecule has 0 spiro atoms. The number of nitrogens with zero attached hydrogens (tertiary/aromatic N) is 1. The monoisotopic (exact) mass is 291 g/mol. The van der Waals surface area contributed by atoms with Crippen molar-refractivity contribution in [3.8, 4) is 0 Å². The van der Waals surface area contributed by atoms with Crippen LogP contribution in [0.5, 0.6) is 0 Å². The fourth-order valence-electron chi connectivity index (χ4n) is 1.78. The third-order valence-corrected chi connectivity index (χ3v) is 4.16. The largest absolute Gasteiger partial charge is 0.476 e. The normalized spacial score (nSPS) is 15.2. The van der Waals surface area contributed by atoms with Gasteiger partial charge in [-0.15, -0.1) is 0 Å². The highest BCUT2D eigenvalue weighted by atomic mass is 32.2. The van der Waals surface area contributed by atoms with Gasteiger partial charge in [-0.3, -0.25) is 5.10 Å². The van der Waals surface area contributed by atoms with Gasteiger partial charge in [0.25, 0.3) is 0 Å². The summed E-state index contributed by atoms with van der Waals surface area (Å²) in [5, 5.41) is 23.9. The quantitative estimate of drug-likeness (QED) is 0.576. The third kappa shape index (κ3) is 3.75. The van der Waals surface area contributed by atoms with Crippen molar-refractivity contribution < 1.29 is 23.4 Å². The predicted octanol–water partition coefficient (Wildman–Crippen LogP) is -0.146. The molecule has 0 fully saturated rings. The van der Waals surface area contributed by atoms with E-state index < -0.39 is 33.8 Å². The number of aliphatic hydroxyl groups excluding tert-OH is 1. The van der Waals surface area contributed by atoms with Crippen LogP contribution in [0.4, 0.5) is 0 Å². The van der Waals surface area contributed by atoms with Gasteiger partial charge in [-0.05, 0) is 27.2 Å². The van der Waals surface area contributed by atoms with E-state index in [0.717, 1.165) is 0 Å². The van der Waals surface area contributed by atoms with Crippen LogP contribution in [0.3, 0.4) is 0 Å². The Morgan fingerprint density at radius 2 is 2.05 bits per heavy atom. The Kier molecular flexibility index (Phi) is 4.66. The summed E-state index contributed by atoms with van der Waals surface area (Å²) in [5.74, 6) is -1.42. The number of aliphatic hydroxyl groups is 1. The Hall–Kier alpha value is -1.45. The first-order valence-corrected chi connectivity index (χ1v) is 7.12. The molecule has 1 aromatic rings. The standard InChI is InChI=1S/C10H17N3O5S/c1-5(4-6(2)14)13-19(17,18)9-7(3)11-12-8(9)10(15)16/h5-6,13-14H,4H2,1-3H3,(H,11,12)(H,15,16). The lowest BCUT2D eigenvalue weighted by molar-refractivity contribution is 0.0686. The Morgan fingerprint density at radius 1 is 1.47 bits per heavy atom. The Bertz CT molecular complexity index is 564. The fraction of sp³-hybridized carbons (Fsp3) is 0.600. The average Bonchev–Trinajstić information content (AvgIpc) is 2.58. The number of aryl methyl sites for hydroxylation is 1. The van der Waals surface area contributed by atoms with Crippen LogP contribution in [0.1, 0.15) is 36.5 Å². The van der Waals surface area contributed by atoms with Gasteiger partial charge in [0, 0.05) is 6.04 Å². The molecule has 0 aromatic carbocycles. The maximum Gasteiger partial charge on any atom is 0.357 e. The molecule has 0 aliphatic heterocycles. The molecule has 0 saturated heterocycles. The number of carbonyl (C=O) groups is 1. The van der Waals surface area contributed by atoms with Crippen LogP contribution in [-0.4, -0.2) is 46.9 Å². The first-order chi connectivity index (χ1) is 8.65. The van der Waals surface area contributed by atoms with Crippen LogP contribution in [0.15, 0.2) is 4.90 Å². The van der Waals surface area contributed by atoms with Crippen LogP contribution >= 0.6 is 0 Å². The Balaban J connectivity index is 3.07. The van der Waals surface area contributed by atoms with Crippen molar-refractivity contribution in [3.05, 3.63) is 11.4 Å². The number of sulfonamides is 1. The van der Waals surface area contributed by atoms with Crippen LogP contribution in [-0.2, 0) is 10.0 Å². The second-order valence-corrected chi connectivity index (χ2v) is 6.09. The van der Waals surface area contributed by atoms with E-state index in [1.807, 2.05) is 0 Å². The van der Waals surface area contributed by atoms with E-state index in [1.165, 1.54) is 13.8 Å². The van der Waals surface area contributed by atoms with Crippen molar-refractivity contribution in [3.63, 3.8) is 0 Å². The van der Waals surface area contributed by atoms with E-state index in [9.17, 15) is 18.3 Å². The molecule has 1 rings (SSSR count).